The summed E-state index contributed by atoms with van der Waals surface area (Å²) in [5.74, 6) is 1.90. The molecule has 0 aliphatic heterocycles. The number of hydrogen-bond donors (Lipinski definition) is 1. The average molecular weight is 223 g/mol. The highest BCUT2D eigenvalue weighted by Crippen LogP contribution is 2.12. The van der Waals surface area contributed by atoms with Crippen molar-refractivity contribution in [1.29, 1.82) is 0 Å². The molecule has 0 amide bonds. The Kier molecular flexibility index (Phi) is 5.64. The minimum Gasteiger partial charge on any atom is -0.383 e. The van der Waals surface area contributed by atoms with Gasteiger partial charge in [0.2, 0.25) is 0 Å². The maximum atomic E-state index is 5.04. The number of nitrogens with one attached hydrogen (secondary N) is 1. The Morgan fingerprint density at radius 3 is 2.94 bits per heavy atom. The van der Waals surface area contributed by atoms with E-state index in [9.17, 15) is 0 Å². The van der Waals surface area contributed by atoms with Crippen molar-refractivity contribution in [3.63, 3.8) is 0 Å². The lowest BCUT2D eigenvalue weighted by Crippen LogP contribution is -2.23. The minimum absolute atomic E-state index is 0.713. The summed E-state index contributed by atoms with van der Waals surface area (Å²) in [6.45, 7) is 4.66. The molecule has 1 N–H and O–H groups in total. The van der Waals surface area contributed by atoms with E-state index in [0.717, 1.165) is 31.1 Å². The molecule has 4 heteroatoms. The Labute approximate surface area is 97.6 Å². The van der Waals surface area contributed by atoms with Crippen molar-refractivity contribution in [2.24, 2.45) is 0 Å². The van der Waals surface area contributed by atoms with Crippen LogP contribution in [-0.2, 0) is 4.74 Å². The molecular formula is C12H21N3O. The number of hydrogen-bond acceptors (Lipinski definition) is 4. The van der Waals surface area contributed by atoms with Crippen molar-refractivity contribution in [1.82, 2.24) is 4.98 Å². The van der Waals surface area contributed by atoms with E-state index in [4.69, 9.17) is 4.74 Å². The number of ether oxygens (including phenoxy) is 1. The maximum Gasteiger partial charge on any atom is 0.130 e. The van der Waals surface area contributed by atoms with E-state index in [-0.39, 0.29) is 0 Å². The number of pyridine rings is 1. The maximum absolute atomic E-state index is 5.04. The predicted molar refractivity (Wildman–Crippen MR) is 68.2 cm³/mol. The first-order chi connectivity index (χ1) is 7.77. The lowest BCUT2D eigenvalue weighted by atomic mass is 10.4. The zero-order chi connectivity index (χ0) is 11.8. The molecule has 0 aliphatic carbocycles. The van der Waals surface area contributed by atoms with Gasteiger partial charge in [-0.25, -0.2) is 4.98 Å². The Hall–Kier alpha value is -1.29. The molecule has 1 rings (SSSR count). The van der Waals surface area contributed by atoms with Crippen LogP contribution in [0, 0.1) is 0 Å². The van der Waals surface area contributed by atoms with E-state index >= 15 is 0 Å². The number of anilines is 2. The monoisotopic (exact) mass is 223 g/mol. The molecule has 4 nitrogen and oxygen atoms in total. The van der Waals surface area contributed by atoms with Crippen molar-refractivity contribution >= 4 is 11.6 Å². The Balaban J connectivity index is 2.58. The van der Waals surface area contributed by atoms with Crippen LogP contribution in [0.2, 0.25) is 0 Å². The molecule has 1 aromatic heterocycles. The summed E-state index contributed by atoms with van der Waals surface area (Å²) in [6, 6.07) is 6.01. The van der Waals surface area contributed by atoms with Gasteiger partial charge in [0, 0.05) is 27.2 Å². The first kappa shape index (κ1) is 12.8. The third-order valence-corrected chi connectivity index (χ3v) is 2.31. The van der Waals surface area contributed by atoms with Gasteiger partial charge in [0.25, 0.3) is 0 Å². The molecule has 0 aromatic carbocycles. The molecule has 0 spiro atoms. The Morgan fingerprint density at radius 1 is 1.44 bits per heavy atom. The largest absolute Gasteiger partial charge is 0.383 e. The average Bonchev–Trinajstić information content (AvgIpc) is 2.33. The second-order valence-electron chi connectivity index (χ2n) is 3.72. The molecule has 0 radical (unpaired) electrons. The third-order valence-electron chi connectivity index (χ3n) is 2.31. The fraction of sp³-hybridized carbons (Fsp3) is 0.583. The van der Waals surface area contributed by atoms with Crippen LogP contribution >= 0.6 is 0 Å². The molecule has 0 aliphatic rings. The van der Waals surface area contributed by atoms with E-state index in [1.807, 2.05) is 25.2 Å². The number of methoxy groups -OCH3 is 1. The van der Waals surface area contributed by atoms with Gasteiger partial charge in [-0.2, -0.15) is 0 Å². The lowest BCUT2D eigenvalue weighted by molar-refractivity contribution is 0.206. The van der Waals surface area contributed by atoms with Crippen molar-refractivity contribution in [2.45, 2.75) is 13.3 Å². The molecule has 90 valence electrons. The van der Waals surface area contributed by atoms with E-state index in [2.05, 4.69) is 22.1 Å². The Bertz CT molecular complexity index is 304. The summed E-state index contributed by atoms with van der Waals surface area (Å²) >= 11 is 0. The van der Waals surface area contributed by atoms with E-state index in [0.29, 0.717) is 6.61 Å². The molecule has 1 heterocycles. The highest BCUT2D eigenvalue weighted by molar-refractivity contribution is 5.46. The highest BCUT2D eigenvalue weighted by atomic mass is 16.5. The second kappa shape index (κ2) is 7.06. The minimum atomic E-state index is 0.713. The summed E-state index contributed by atoms with van der Waals surface area (Å²) < 4.78 is 5.04. The number of aromatic nitrogens is 1. The van der Waals surface area contributed by atoms with Gasteiger partial charge in [-0.05, 0) is 18.6 Å². The smallest absolute Gasteiger partial charge is 0.130 e. The molecule has 16 heavy (non-hydrogen) atoms. The van der Waals surface area contributed by atoms with Gasteiger partial charge in [0.15, 0.2) is 0 Å². The van der Waals surface area contributed by atoms with Crippen LogP contribution < -0.4 is 10.2 Å². The van der Waals surface area contributed by atoms with Gasteiger partial charge in [-0.1, -0.05) is 13.0 Å². The summed E-state index contributed by atoms with van der Waals surface area (Å²) in [4.78, 5) is 6.61. The van der Waals surface area contributed by atoms with Crippen LogP contribution in [0.1, 0.15) is 13.3 Å². The zero-order valence-corrected chi connectivity index (χ0v) is 10.4. The van der Waals surface area contributed by atoms with Gasteiger partial charge in [-0.3, -0.25) is 0 Å². The van der Waals surface area contributed by atoms with Crippen LogP contribution in [0.25, 0.3) is 0 Å². The Morgan fingerprint density at radius 2 is 2.25 bits per heavy atom. The molecule has 0 unspecified atom stereocenters. The fourth-order valence-electron chi connectivity index (χ4n) is 1.33. The van der Waals surface area contributed by atoms with Crippen molar-refractivity contribution in [3.8, 4) is 0 Å². The normalized spacial score (nSPS) is 10.2. The molecule has 1 aromatic rings. The van der Waals surface area contributed by atoms with Crippen molar-refractivity contribution in [2.75, 3.05) is 44.1 Å². The van der Waals surface area contributed by atoms with Crippen molar-refractivity contribution < 1.29 is 4.74 Å². The van der Waals surface area contributed by atoms with Gasteiger partial charge in [0.1, 0.15) is 11.6 Å². The van der Waals surface area contributed by atoms with Gasteiger partial charge >= 0.3 is 0 Å². The first-order valence-electron chi connectivity index (χ1n) is 5.69. The fourth-order valence-corrected chi connectivity index (χ4v) is 1.33. The summed E-state index contributed by atoms with van der Waals surface area (Å²) in [5.41, 5.74) is 0. The summed E-state index contributed by atoms with van der Waals surface area (Å²) in [7, 11) is 3.73. The molecule has 0 saturated heterocycles. The van der Waals surface area contributed by atoms with Gasteiger partial charge < -0.3 is 15.0 Å². The van der Waals surface area contributed by atoms with Crippen LogP contribution in [-0.4, -0.2) is 38.8 Å². The number of rotatable bonds is 7. The standard InChI is InChI=1S/C12H21N3O/c1-4-8-13-11-6-5-7-12(14-11)15(2)9-10-16-3/h5-7H,4,8-10H2,1-3H3,(H,13,14). The predicted octanol–water partition coefficient (Wildman–Crippen LogP) is 1.99. The van der Waals surface area contributed by atoms with Gasteiger partial charge in [0.05, 0.1) is 6.61 Å². The summed E-state index contributed by atoms with van der Waals surface area (Å²) in [6.07, 6.45) is 1.10. The molecule has 0 bridgehead atoms. The van der Waals surface area contributed by atoms with E-state index < -0.39 is 0 Å². The van der Waals surface area contributed by atoms with Crippen LogP contribution in [0.15, 0.2) is 18.2 Å². The molecule has 0 fully saturated rings. The molecular weight excluding hydrogens is 202 g/mol. The quantitative estimate of drug-likeness (QED) is 0.767. The van der Waals surface area contributed by atoms with Crippen molar-refractivity contribution in [3.05, 3.63) is 18.2 Å². The highest BCUT2D eigenvalue weighted by Gasteiger charge is 2.02. The number of nitrogens with zero attached hydrogens (tertiary/aromatic N) is 2. The number of likely N-dealkylation sites (N-methyl/N-ethyl adjacent to an activating group) is 1. The van der Waals surface area contributed by atoms with E-state index in [1.165, 1.54) is 0 Å². The second-order valence-corrected chi connectivity index (χ2v) is 3.72. The molecule has 0 saturated carbocycles. The first-order valence-corrected chi connectivity index (χ1v) is 5.69. The molecule has 0 atom stereocenters. The van der Waals surface area contributed by atoms with Gasteiger partial charge in [-0.15, -0.1) is 0 Å². The van der Waals surface area contributed by atoms with Crippen LogP contribution in [0.3, 0.4) is 0 Å². The van der Waals surface area contributed by atoms with E-state index in [1.54, 1.807) is 7.11 Å². The SMILES string of the molecule is CCCNc1cccc(N(C)CCOC)n1. The summed E-state index contributed by atoms with van der Waals surface area (Å²) in [5, 5.41) is 3.28. The zero-order valence-electron chi connectivity index (χ0n) is 10.4. The van der Waals surface area contributed by atoms with Crippen LogP contribution in [0.4, 0.5) is 11.6 Å². The lowest BCUT2D eigenvalue weighted by Gasteiger charge is -2.18. The van der Waals surface area contributed by atoms with Crippen LogP contribution in [0.5, 0.6) is 0 Å². The topological polar surface area (TPSA) is 37.4 Å². The third kappa shape index (κ3) is 4.06.